The first-order valence-corrected chi connectivity index (χ1v) is 10.2. The Kier molecular flexibility index (Phi) is 8.60. The summed E-state index contributed by atoms with van der Waals surface area (Å²) in [6.45, 7) is 1.84. The van der Waals surface area contributed by atoms with Crippen LogP contribution in [-0.2, 0) is 9.53 Å². The smallest absolute Gasteiger partial charge is 0.335 e. The molecule has 1 aliphatic heterocycles. The third-order valence-electron chi connectivity index (χ3n) is 5.62. The predicted octanol–water partition coefficient (Wildman–Crippen LogP) is 1.98. The number of likely N-dealkylation sites (N-methyl/N-ethyl adjacent to an activating group) is 1. The average Bonchev–Trinajstić information content (AvgIpc) is 2.67. The Balaban J connectivity index is 1.96. The van der Waals surface area contributed by atoms with Gasteiger partial charge in [-0.25, -0.2) is 4.79 Å². The SMILES string of the molecule is COC(=O)/C(=C/C(Br)=C\N)CN1CCC(N(C)C2CCCCC2)C(O)C1. The summed E-state index contributed by atoms with van der Waals surface area (Å²) in [5, 5.41) is 10.7. The minimum Gasteiger partial charge on any atom is -0.466 e. The van der Waals surface area contributed by atoms with Gasteiger partial charge in [0.1, 0.15) is 0 Å². The number of likely N-dealkylation sites (tertiary alicyclic amines) is 1. The molecule has 0 aromatic rings. The Bertz CT molecular complexity index is 532. The van der Waals surface area contributed by atoms with Gasteiger partial charge in [0.05, 0.1) is 18.8 Å². The normalized spacial score (nSPS) is 27.0. The van der Waals surface area contributed by atoms with Crippen molar-refractivity contribution in [2.24, 2.45) is 5.73 Å². The number of nitrogens with zero attached hydrogens (tertiary/aromatic N) is 2. The molecule has 26 heavy (non-hydrogen) atoms. The summed E-state index contributed by atoms with van der Waals surface area (Å²) in [4.78, 5) is 16.5. The number of piperidine rings is 1. The lowest BCUT2D eigenvalue weighted by Gasteiger charge is -2.44. The van der Waals surface area contributed by atoms with E-state index in [1.807, 2.05) is 0 Å². The van der Waals surface area contributed by atoms with Crippen molar-refractivity contribution >= 4 is 21.9 Å². The van der Waals surface area contributed by atoms with Crippen molar-refractivity contribution in [3.05, 3.63) is 22.3 Å². The molecule has 2 unspecified atom stereocenters. The molecule has 2 atom stereocenters. The lowest BCUT2D eigenvalue weighted by molar-refractivity contribution is -0.136. The van der Waals surface area contributed by atoms with Gasteiger partial charge in [-0.2, -0.15) is 0 Å². The van der Waals surface area contributed by atoms with Crippen molar-refractivity contribution in [3.63, 3.8) is 0 Å². The Morgan fingerprint density at radius 3 is 2.62 bits per heavy atom. The number of aliphatic hydroxyl groups excluding tert-OH is 1. The van der Waals surface area contributed by atoms with Gasteiger partial charge in [-0.1, -0.05) is 19.3 Å². The monoisotopic (exact) mass is 429 g/mol. The van der Waals surface area contributed by atoms with Gasteiger partial charge in [0.25, 0.3) is 0 Å². The van der Waals surface area contributed by atoms with Crippen molar-refractivity contribution in [2.45, 2.75) is 56.7 Å². The van der Waals surface area contributed by atoms with E-state index in [4.69, 9.17) is 10.5 Å². The Hall–Kier alpha value is -0.890. The molecule has 0 spiro atoms. The number of ether oxygens (including phenoxy) is 1. The van der Waals surface area contributed by atoms with Crippen LogP contribution in [0.3, 0.4) is 0 Å². The summed E-state index contributed by atoms with van der Waals surface area (Å²) in [5.41, 5.74) is 6.00. The molecule has 0 bridgehead atoms. The lowest BCUT2D eigenvalue weighted by Crippen LogP contribution is -2.56. The summed E-state index contributed by atoms with van der Waals surface area (Å²) >= 11 is 3.30. The van der Waals surface area contributed by atoms with Crippen LogP contribution < -0.4 is 5.73 Å². The zero-order valence-corrected chi connectivity index (χ0v) is 17.5. The molecule has 2 rings (SSSR count). The number of hydrogen-bond acceptors (Lipinski definition) is 6. The van der Waals surface area contributed by atoms with Crippen LogP contribution in [0.25, 0.3) is 0 Å². The minimum absolute atomic E-state index is 0.190. The predicted molar refractivity (Wildman–Crippen MR) is 107 cm³/mol. The molecule has 0 aromatic heterocycles. The fourth-order valence-corrected chi connectivity index (χ4v) is 4.39. The number of nitrogens with two attached hydrogens (primary N) is 1. The Morgan fingerprint density at radius 2 is 2.04 bits per heavy atom. The summed E-state index contributed by atoms with van der Waals surface area (Å²) < 4.78 is 5.50. The van der Waals surface area contributed by atoms with Crippen LogP contribution in [0.2, 0.25) is 0 Å². The number of esters is 1. The molecule has 2 fully saturated rings. The summed E-state index contributed by atoms with van der Waals surface area (Å²) in [7, 11) is 3.53. The van der Waals surface area contributed by atoms with Crippen molar-refractivity contribution in [2.75, 3.05) is 33.8 Å². The van der Waals surface area contributed by atoms with Gasteiger partial charge in [-0.3, -0.25) is 9.80 Å². The van der Waals surface area contributed by atoms with Gasteiger partial charge in [-0.05, 0) is 48.3 Å². The molecule has 0 aromatic carbocycles. The molecule has 1 saturated carbocycles. The number of hydrogen-bond donors (Lipinski definition) is 2. The van der Waals surface area contributed by atoms with Crippen molar-refractivity contribution < 1.29 is 14.6 Å². The number of β-amino-alcohol motifs (C(OH)–C–C–N with tert-alkyl or cyclic N) is 1. The molecule has 6 nitrogen and oxygen atoms in total. The van der Waals surface area contributed by atoms with E-state index in [9.17, 15) is 9.90 Å². The van der Waals surface area contributed by atoms with Crippen LogP contribution in [0.4, 0.5) is 0 Å². The highest BCUT2D eigenvalue weighted by Gasteiger charge is 2.34. The largest absolute Gasteiger partial charge is 0.466 e. The van der Waals surface area contributed by atoms with Gasteiger partial charge in [-0.15, -0.1) is 0 Å². The number of halogens is 1. The van der Waals surface area contributed by atoms with E-state index in [0.717, 1.165) is 13.0 Å². The van der Waals surface area contributed by atoms with Crippen molar-refractivity contribution in [1.82, 2.24) is 9.80 Å². The quantitative estimate of drug-likeness (QED) is 0.381. The minimum atomic E-state index is -0.414. The zero-order chi connectivity index (χ0) is 19.1. The third kappa shape index (κ3) is 5.81. The maximum absolute atomic E-state index is 12.0. The standard InChI is InChI=1S/C19H32BrN3O3/c1-22(16-6-4-3-5-7-16)17-8-9-23(13-18(17)24)12-14(19(25)26-2)10-15(20)11-21/h10-11,16-18,24H,3-9,12-13,21H2,1-2H3/b14-10+,15-11+. The highest BCUT2D eigenvalue weighted by atomic mass is 79.9. The van der Waals surface area contributed by atoms with E-state index in [2.05, 4.69) is 32.8 Å². The zero-order valence-electron chi connectivity index (χ0n) is 15.9. The first-order chi connectivity index (χ1) is 12.5. The molecule has 0 amide bonds. The number of rotatable bonds is 6. The molecule has 148 valence electrons. The van der Waals surface area contributed by atoms with Gasteiger partial charge < -0.3 is 15.6 Å². The fraction of sp³-hybridized carbons (Fsp3) is 0.737. The fourth-order valence-electron chi connectivity index (χ4n) is 4.12. The van der Waals surface area contributed by atoms with E-state index >= 15 is 0 Å². The number of carbonyl (C=O) groups excluding carboxylic acids is 1. The Labute approximate surface area is 165 Å². The first-order valence-electron chi connectivity index (χ1n) is 9.45. The molecular weight excluding hydrogens is 398 g/mol. The average molecular weight is 430 g/mol. The molecule has 1 saturated heterocycles. The van der Waals surface area contributed by atoms with E-state index in [1.165, 1.54) is 45.4 Å². The maximum Gasteiger partial charge on any atom is 0.335 e. The van der Waals surface area contributed by atoms with E-state index < -0.39 is 6.10 Å². The maximum atomic E-state index is 12.0. The van der Waals surface area contributed by atoms with Crippen LogP contribution in [0.15, 0.2) is 22.3 Å². The van der Waals surface area contributed by atoms with Gasteiger partial charge in [0.2, 0.25) is 0 Å². The van der Waals surface area contributed by atoms with Crippen LogP contribution in [0.1, 0.15) is 38.5 Å². The highest BCUT2D eigenvalue weighted by molar-refractivity contribution is 9.11. The van der Waals surface area contributed by atoms with Crippen LogP contribution in [0, 0.1) is 0 Å². The van der Waals surface area contributed by atoms with Gasteiger partial charge >= 0.3 is 5.97 Å². The third-order valence-corrected chi connectivity index (χ3v) is 6.11. The van der Waals surface area contributed by atoms with Crippen LogP contribution in [-0.4, -0.2) is 72.9 Å². The summed E-state index contributed by atoms with van der Waals surface area (Å²) in [5.74, 6) is -0.375. The van der Waals surface area contributed by atoms with Crippen LogP contribution >= 0.6 is 15.9 Å². The number of allylic oxidation sites excluding steroid dienone is 2. The summed E-state index contributed by atoms with van der Waals surface area (Å²) in [6.07, 6.45) is 9.94. The van der Waals surface area contributed by atoms with Crippen LogP contribution in [0.5, 0.6) is 0 Å². The summed E-state index contributed by atoms with van der Waals surface area (Å²) in [6, 6.07) is 0.779. The molecule has 1 heterocycles. The number of methoxy groups -OCH3 is 1. The second-order valence-corrected chi connectivity index (χ2v) is 8.24. The molecule has 2 aliphatic rings. The number of aliphatic hydroxyl groups is 1. The van der Waals surface area contributed by atoms with Gasteiger partial charge in [0, 0.05) is 42.4 Å². The Morgan fingerprint density at radius 1 is 1.35 bits per heavy atom. The van der Waals surface area contributed by atoms with Crippen molar-refractivity contribution in [3.8, 4) is 0 Å². The number of carbonyl (C=O) groups is 1. The topological polar surface area (TPSA) is 79.0 Å². The molecule has 3 N–H and O–H groups in total. The van der Waals surface area contributed by atoms with Crippen molar-refractivity contribution in [1.29, 1.82) is 0 Å². The first kappa shape index (κ1) is 21.4. The lowest BCUT2D eigenvalue weighted by atomic mass is 9.91. The van der Waals surface area contributed by atoms with Gasteiger partial charge in [0.15, 0.2) is 0 Å². The van der Waals surface area contributed by atoms with E-state index in [0.29, 0.717) is 29.2 Å². The molecular formula is C19H32BrN3O3. The van der Waals surface area contributed by atoms with E-state index in [1.54, 1.807) is 6.08 Å². The highest BCUT2D eigenvalue weighted by Crippen LogP contribution is 2.27. The van der Waals surface area contributed by atoms with E-state index in [-0.39, 0.29) is 12.0 Å². The second-order valence-electron chi connectivity index (χ2n) is 7.33. The molecule has 1 aliphatic carbocycles. The second kappa shape index (κ2) is 10.4. The molecule has 7 heteroatoms. The molecule has 0 radical (unpaired) electrons.